The SMILES string of the molecule is O=C(c1cc(F)cc([N+](=O)[O-])c1)N(CCCCl)C1CCC1. The molecular formula is C14H16ClFN2O3. The Morgan fingerprint density at radius 1 is 1.43 bits per heavy atom. The third-order valence-electron chi connectivity index (χ3n) is 3.65. The van der Waals surface area contributed by atoms with Gasteiger partial charge in [-0.25, -0.2) is 4.39 Å². The van der Waals surface area contributed by atoms with Gasteiger partial charge in [0.2, 0.25) is 0 Å². The Morgan fingerprint density at radius 2 is 2.14 bits per heavy atom. The fraction of sp³-hybridized carbons (Fsp3) is 0.500. The highest BCUT2D eigenvalue weighted by atomic mass is 35.5. The van der Waals surface area contributed by atoms with Crippen LogP contribution in [0.15, 0.2) is 18.2 Å². The van der Waals surface area contributed by atoms with E-state index in [0.29, 0.717) is 18.8 Å². The molecule has 0 unspecified atom stereocenters. The van der Waals surface area contributed by atoms with Crippen molar-refractivity contribution in [2.45, 2.75) is 31.7 Å². The number of nitrogens with zero attached hydrogens (tertiary/aromatic N) is 2. The van der Waals surface area contributed by atoms with Gasteiger partial charge >= 0.3 is 0 Å². The van der Waals surface area contributed by atoms with E-state index in [2.05, 4.69) is 0 Å². The molecule has 1 aliphatic rings. The van der Waals surface area contributed by atoms with E-state index in [1.807, 2.05) is 0 Å². The van der Waals surface area contributed by atoms with Crippen LogP contribution >= 0.6 is 11.6 Å². The summed E-state index contributed by atoms with van der Waals surface area (Å²) >= 11 is 5.67. The van der Waals surface area contributed by atoms with E-state index in [1.165, 1.54) is 0 Å². The minimum atomic E-state index is -0.779. The molecule has 0 spiro atoms. The van der Waals surface area contributed by atoms with Crippen molar-refractivity contribution in [3.05, 3.63) is 39.7 Å². The molecule has 7 heteroatoms. The second-order valence-electron chi connectivity index (χ2n) is 5.08. The standard InChI is InChI=1S/C14H16ClFN2O3/c15-5-2-6-17(12-3-1-4-12)14(19)10-7-11(16)9-13(8-10)18(20)21/h7-9,12H,1-6H2. The first kappa shape index (κ1) is 15.7. The summed E-state index contributed by atoms with van der Waals surface area (Å²) in [5.74, 6) is -0.717. The van der Waals surface area contributed by atoms with Gasteiger partial charge < -0.3 is 4.90 Å². The van der Waals surface area contributed by atoms with Crippen molar-refractivity contribution in [1.29, 1.82) is 0 Å². The smallest absolute Gasteiger partial charge is 0.273 e. The van der Waals surface area contributed by atoms with E-state index in [1.54, 1.807) is 4.90 Å². The van der Waals surface area contributed by atoms with Crippen molar-refractivity contribution < 1.29 is 14.1 Å². The van der Waals surface area contributed by atoms with Gasteiger partial charge in [-0.3, -0.25) is 14.9 Å². The van der Waals surface area contributed by atoms with E-state index in [-0.39, 0.29) is 17.5 Å². The minimum Gasteiger partial charge on any atom is -0.336 e. The molecule has 1 saturated carbocycles. The molecule has 5 nitrogen and oxygen atoms in total. The summed E-state index contributed by atoms with van der Waals surface area (Å²) in [6.45, 7) is 0.483. The lowest BCUT2D eigenvalue weighted by atomic mass is 9.90. The highest BCUT2D eigenvalue weighted by Crippen LogP contribution is 2.27. The molecule has 0 saturated heterocycles. The summed E-state index contributed by atoms with van der Waals surface area (Å²) in [6.07, 6.45) is 3.51. The summed E-state index contributed by atoms with van der Waals surface area (Å²) in [7, 11) is 0. The van der Waals surface area contributed by atoms with Crippen LogP contribution in [0.2, 0.25) is 0 Å². The number of halogens is 2. The highest BCUT2D eigenvalue weighted by Gasteiger charge is 2.29. The fourth-order valence-corrected chi connectivity index (χ4v) is 2.47. The van der Waals surface area contributed by atoms with Gasteiger partial charge in [0.15, 0.2) is 0 Å². The number of nitro groups is 1. The number of hydrogen-bond acceptors (Lipinski definition) is 3. The van der Waals surface area contributed by atoms with Crippen molar-refractivity contribution in [3.63, 3.8) is 0 Å². The van der Waals surface area contributed by atoms with Crippen LogP contribution < -0.4 is 0 Å². The van der Waals surface area contributed by atoms with Crippen molar-refractivity contribution in [1.82, 2.24) is 4.90 Å². The van der Waals surface area contributed by atoms with E-state index in [4.69, 9.17) is 11.6 Å². The molecule has 114 valence electrons. The largest absolute Gasteiger partial charge is 0.336 e. The molecule has 0 N–H and O–H groups in total. The molecule has 0 radical (unpaired) electrons. The lowest BCUT2D eigenvalue weighted by molar-refractivity contribution is -0.385. The van der Waals surface area contributed by atoms with Crippen molar-refractivity contribution >= 4 is 23.2 Å². The summed E-state index contributed by atoms with van der Waals surface area (Å²) < 4.78 is 13.5. The monoisotopic (exact) mass is 314 g/mol. The quantitative estimate of drug-likeness (QED) is 0.459. The van der Waals surface area contributed by atoms with Gasteiger partial charge in [-0.15, -0.1) is 11.6 Å². The number of amides is 1. The first-order chi connectivity index (χ1) is 10.0. The first-order valence-corrected chi connectivity index (χ1v) is 7.38. The molecule has 0 atom stereocenters. The zero-order valence-electron chi connectivity index (χ0n) is 11.4. The van der Waals surface area contributed by atoms with Crippen LogP contribution in [0.1, 0.15) is 36.0 Å². The highest BCUT2D eigenvalue weighted by molar-refractivity contribution is 6.17. The molecule has 1 fully saturated rings. The Hall–Kier alpha value is -1.69. The summed E-state index contributed by atoms with van der Waals surface area (Å²) in [5, 5.41) is 10.8. The second kappa shape index (κ2) is 6.85. The van der Waals surface area contributed by atoms with Crippen LogP contribution in [-0.2, 0) is 0 Å². The third kappa shape index (κ3) is 3.69. The van der Waals surface area contributed by atoms with E-state index < -0.39 is 16.4 Å². The predicted molar refractivity (Wildman–Crippen MR) is 77.1 cm³/mol. The van der Waals surface area contributed by atoms with Gasteiger partial charge in [0, 0.05) is 30.1 Å². The second-order valence-corrected chi connectivity index (χ2v) is 5.46. The molecule has 2 rings (SSSR count). The molecule has 0 heterocycles. The van der Waals surface area contributed by atoms with Gasteiger partial charge in [-0.05, 0) is 31.7 Å². The van der Waals surface area contributed by atoms with Crippen molar-refractivity contribution in [2.24, 2.45) is 0 Å². The molecule has 0 aliphatic heterocycles. The molecule has 1 aromatic rings. The zero-order valence-corrected chi connectivity index (χ0v) is 12.2. The van der Waals surface area contributed by atoms with Crippen molar-refractivity contribution in [2.75, 3.05) is 12.4 Å². The molecule has 1 aromatic carbocycles. The average Bonchev–Trinajstić information content (AvgIpc) is 2.39. The van der Waals surface area contributed by atoms with Crippen LogP contribution in [0.3, 0.4) is 0 Å². The normalized spacial score (nSPS) is 14.6. The predicted octanol–water partition coefficient (Wildman–Crippen LogP) is 3.36. The van der Waals surface area contributed by atoms with Crippen LogP contribution in [0.25, 0.3) is 0 Å². The third-order valence-corrected chi connectivity index (χ3v) is 3.92. The Kier molecular flexibility index (Phi) is 5.12. The maximum absolute atomic E-state index is 13.5. The number of hydrogen-bond donors (Lipinski definition) is 0. The lowest BCUT2D eigenvalue weighted by Gasteiger charge is -2.37. The zero-order chi connectivity index (χ0) is 15.4. The van der Waals surface area contributed by atoms with Crippen molar-refractivity contribution in [3.8, 4) is 0 Å². The number of non-ortho nitro benzene ring substituents is 1. The summed E-state index contributed by atoms with van der Waals surface area (Å²) in [5.41, 5.74) is -0.396. The van der Waals surface area contributed by atoms with E-state index in [0.717, 1.165) is 37.5 Å². The molecule has 1 aliphatic carbocycles. The first-order valence-electron chi connectivity index (χ1n) is 6.85. The number of carbonyl (C=O) groups is 1. The number of benzene rings is 1. The average molecular weight is 315 g/mol. The Balaban J connectivity index is 2.24. The van der Waals surface area contributed by atoms with Crippen LogP contribution in [0.5, 0.6) is 0 Å². The number of alkyl halides is 1. The maximum Gasteiger partial charge on any atom is 0.273 e. The molecule has 0 aromatic heterocycles. The topological polar surface area (TPSA) is 63.4 Å². The van der Waals surface area contributed by atoms with Gasteiger partial charge in [0.1, 0.15) is 5.82 Å². The van der Waals surface area contributed by atoms with Gasteiger partial charge in [-0.1, -0.05) is 0 Å². The van der Waals surface area contributed by atoms with Gasteiger partial charge in [0.05, 0.1) is 11.0 Å². The lowest BCUT2D eigenvalue weighted by Crippen LogP contribution is -2.44. The Labute approximate surface area is 126 Å². The van der Waals surface area contributed by atoms with Crippen LogP contribution in [0.4, 0.5) is 10.1 Å². The molecular weight excluding hydrogens is 299 g/mol. The van der Waals surface area contributed by atoms with Crippen LogP contribution in [0, 0.1) is 15.9 Å². The Morgan fingerprint density at radius 3 is 2.67 bits per heavy atom. The molecule has 1 amide bonds. The van der Waals surface area contributed by atoms with Gasteiger partial charge in [-0.2, -0.15) is 0 Å². The number of rotatable bonds is 6. The van der Waals surface area contributed by atoms with Crippen LogP contribution in [-0.4, -0.2) is 34.2 Å². The van der Waals surface area contributed by atoms with E-state index >= 15 is 0 Å². The molecule has 21 heavy (non-hydrogen) atoms. The summed E-state index contributed by atoms with van der Waals surface area (Å²) in [6, 6.07) is 3.10. The number of nitro benzene ring substituents is 1. The summed E-state index contributed by atoms with van der Waals surface area (Å²) in [4.78, 5) is 24.2. The minimum absolute atomic E-state index is 0.0168. The Bertz CT molecular complexity index is 549. The van der Waals surface area contributed by atoms with E-state index in [9.17, 15) is 19.3 Å². The molecule has 0 bridgehead atoms. The number of carbonyl (C=O) groups excluding carboxylic acids is 1. The fourth-order valence-electron chi connectivity index (χ4n) is 2.35. The van der Waals surface area contributed by atoms with Gasteiger partial charge in [0.25, 0.3) is 11.6 Å². The maximum atomic E-state index is 13.5.